The van der Waals surface area contributed by atoms with Crippen LogP contribution < -0.4 is 15.4 Å². The third-order valence-electron chi connectivity index (χ3n) is 3.29. The maximum absolute atomic E-state index is 11.2. The number of nitrogens with one attached hydrogen (secondary N) is 2. The number of hydrogen-bond acceptors (Lipinski definition) is 2. The summed E-state index contributed by atoms with van der Waals surface area (Å²) in [5.41, 5.74) is 1.12. The zero-order chi connectivity index (χ0) is 12.5. The lowest BCUT2D eigenvalue weighted by Gasteiger charge is -2.14. The highest BCUT2D eigenvalue weighted by molar-refractivity contribution is 5.92. The average Bonchev–Trinajstić information content (AvgIpc) is 2.84. The monoisotopic (exact) mass is 242 g/mol. The maximum Gasteiger partial charge on any atom is 0.315 e. The molecule has 0 saturated carbocycles. The highest BCUT2D eigenvalue weighted by atomic mass is 16.5. The van der Waals surface area contributed by atoms with E-state index < -0.39 is 0 Å². The largest absolute Gasteiger partial charge is 0.496 e. The topological polar surface area (TPSA) is 50.4 Å². The summed E-state index contributed by atoms with van der Waals surface area (Å²) in [4.78, 5) is 11.2. The normalized spacial score (nSPS) is 18.5. The van der Waals surface area contributed by atoms with Gasteiger partial charge in [-0.2, -0.15) is 0 Å². The Hall–Kier alpha value is -2.23. The van der Waals surface area contributed by atoms with Gasteiger partial charge in [-0.1, -0.05) is 30.3 Å². The molecule has 0 aliphatic carbocycles. The summed E-state index contributed by atoms with van der Waals surface area (Å²) in [7, 11) is 1.67. The van der Waals surface area contributed by atoms with Crippen LogP contribution >= 0.6 is 0 Å². The predicted octanol–water partition coefficient (Wildman–Crippen LogP) is 2.20. The van der Waals surface area contributed by atoms with Crippen LogP contribution in [0.15, 0.2) is 36.4 Å². The van der Waals surface area contributed by atoms with Gasteiger partial charge in [-0.15, -0.1) is 0 Å². The van der Waals surface area contributed by atoms with E-state index in [1.165, 1.54) is 0 Å². The molecule has 0 unspecified atom stereocenters. The number of urea groups is 1. The van der Waals surface area contributed by atoms with E-state index in [2.05, 4.69) is 16.7 Å². The van der Waals surface area contributed by atoms with Crippen molar-refractivity contribution >= 4 is 16.8 Å². The van der Waals surface area contributed by atoms with Gasteiger partial charge in [-0.05, 0) is 17.0 Å². The number of fused-ring (bicyclic) bond motifs is 1. The number of ether oxygens (including phenoxy) is 1. The fourth-order valence-corrected chi connectivity index (χ4v) is 2.42. The first-order valence-electron chi connectivity index (χ1n) is 5.89. The third-order valence-corrected chi connectivity index (χ3v) is 3.29. The summed E-state index contributed by atoms with van der Waals surface area (Å²) in [5, 5.41) is 7.87. The van der Waals surface area contributed by atoms with E-state index >= 15 is 0 Å². The Morgan fingerprint density at radius 1 is 1.17 bits per heavy atom. The van der Waals surface area contributed by atoms with Crippen LogP contribution in [0, 0.1) is 0 Å². The predicted molar refractivity (Wildman–Crippen MR) is 69.8 cm³/mol. The molecule has 4 heteroatoms. The van der Waals surface area contributed by atoms with Crippen LogP contribution in [0.2, 0.25) is 0 Å². The summed E-state index contributed by atoms with van der Waals surface area (Å²) < 4.78 is 5.36. The van der Waals surface area contributed by atoms with Crippen LogP contribution in [0.3, 0.4) is 0 Å². The number of methoxy groups -OCH3 is 1. The molecular formula is C14H14N2O2. The summed E-state index contributed by atoms with van der Waals surface area (Å²) in [6.45, 7) is 0.620. The van der Waals surface area contributed by atoms with Crippen LogP contribution in [0.25, 0.3) is 10.8 Å². The minimum atomic E-state index is -0.111. The van der Waals surface area contributed by atoms with E-state index in [1.54, 1.807) is 7.11 Å². The number of hydrogen-bond donors (Lipinski definition) is 2. The van der Waals surface area contributed by atoms with E-state index in [1.807, 2.05) is 30.3 Å². The minimum Gasteiger partial charge on any atom is -0.496 e. The van der Waals surface area contributed by atoms with Crippen molar-refractivity contribution in [2.45, 2.75) is 6.04 Å². The molecule has 1 heterocycles. The first-order valence-corrected chi connectivity index (χ1v) is 5.89. The Labute approximate surface area is 105 Å². The SMILES string of the molecule is COc1ccc([C@H]2CNC(=O)N2)c2ccccc12. The van der Waals surface area contributed by atoms with Crippen molar-refractivity contribution in [1.29, 1.82) is 0 Å². The van der Waals surface area contributed by atoms with Crippen LogP contribution in [0.4, 0.5) is 4.79 Å². The second-order valence-electron chi connectivity index (χ2n) is 4.31. The average molecular weight is 242 g/mol. The fraction of sp³-hybridized carbons (Fsp3) is 0.214. The molecule has 2 aromatic carbocycles. The van der Waals surface area contributed by atoms with Crippen molar-refractivity contribution in [3.63, 3.8) is 0 Å². The van der Waals surface area contributed by atoms with Crippen molar-refractivity contribution in [1.82, 2.24) is 10.6 Å². The van der Waals surface area contributed by atoms with Gasteiger partial charge in [0.2, 0.25) is 0 Å². The lowest BCUT2D eigenvalue weighted by molar-refractivity contribution is 0.247. The molecule has 1 atom stereocenters. The minimum absolute atomic E-state index is 0.0216. The highest BCUT2D eigenvalue weighted by Gasteiger charge is 2.23. The molecular weight excluding hydrogens is 228 g/mol. The number of amides is 2. The number of benzene rings is 2. The fourth-order valence-electron chi connectivity index (χ4n) is 2.42. The maximum atomic E-state index is 11.2. The number of carbonyl (C=O) groups excluding carboxylic acids is 1. The van der Waals surface area contributed by atoms with E-state index in [0.717, 1.165) is 22.1 Å². The Balaban J connectivity index is 2.16. The Morgan fingerprint density at radius 3 is 2.61 bits per heavy atom. The van der Waals surface area contributed by atoms with Crippen molar-refractivity contribution in [3.05, 3.63) is 42.0 Å². The lowest BCUT2D eigenvalue weighted by atomic mass is 9.98. The van der Waals surface area contributed by atoms with Crippen LogP contribution in [-0.4, -0.2) is 19.7 Å². The first-order chi connectivity index (χ1) is 8.79. The molecule has 0 spiro atoms. The van der Waals surface area contributed by atoms with Gasteiger partial charge in [0.15, 0.2) is 0 Å². The van der Waals surface area contributed by atoms with Gasteiger partial charge in [-0.3, -0.25) is 0 Å². The molecule has 18 heavy (non-hydrogen) atoms. The third kappa shape index (κ3) is 1.66. The van der Waals surface area contributed by atoms with Crippen LogP contribution in [0.5, 0.6) is 5.75 Å². The smallest absolute Gasteiger partial charge is 0.315 e. The van der Waals surface area contributed by atoms with Crippen LogP contribution in [0.1, 0.15) is 11.6 Å². The zero-order valence-corrected chi connectivity index (χ0v) is 10.1. The molecule has 2 amide bonds. The van der Waals surface area contributed by atoms with Crippen molar-refractivity contribution in [2.24, 2.45) is 0 Å². The van der Waals surface area contributed by atoms with Crippen molar-refractivity contribution < 1.29 is 9.53 Å². The molecule has 2 aromatic rings. The standard InChI is InChI=1S/C14H14N2O2/c1-18-13-7-6-10(12-8-15-14(17)16-12)9-4-2-3-5-11(9)13/h2-7,12H,8H2,1H3,(H2,15,16,17)/t12-/m1/s1. The summed E-state index contributed by atoms with van der Waals surface area (Å²) in [6.07, 6.45) is 0. The molecule has 0 radical (unpaired) electrons. The van der Waals surface area contributed by atoms with Crippen molar-refractivity contribution in [3.8, 4) is 5.75 Å². The van der Waals surface area contributed by atoms with Gasteiger partial charge in [0.05, 0.1) is 13.2 Å². The number of carbonyl (C=O) groups is 1. The lowest BCUT2D eigenvalue weighted by Crippen LogP contribution is -2.21. The summed E-state index contributed by atoms with van der Waals surface area (Å²) in [6, 6.07) is 11.9. The second-order valence-corrected chi connectivity index (χ2v) is 4.31. The van der Waals surface area contributed by atoms with Gasteiger partial charge in [0.25, 0.3) is 0 Å². The van der Waals surface area contributed by atoms with E-state index in [-0.39, 0.29) is 12.1 Å². The quantitative estimate of drug-likeness (QED) is 0.848. The summed E-state index contributed by atoms with van der Waals surface area (Å²) >= 11 is 0. The molecule has 0 aromatic heterocycles. The second kappa shape index (κ2) is 4.22. The van der Waals surface area contributed by atoms with E-state index in [0.29, 0.717) is 6.54 Å². The molecule has 1 fully saturated rings. The molecule has 0 bridgehead atoms. The van der Waals surface area contributed by atoms with Crippen molar-refractivity contribution in [2.75, 3.05) is 13.7 Å². The first kappa shape index (κ1) is 10.9. The van der Waals surface area contributed by atoms with Crippen LogP contribution in [-0.2, 0) is 0 Å². The Bertz CT molecular complexity index is 610. The van der Waals surface area contributed by atoms with Gasteiger partial charge < -0.3 is 15.4 Å². The zero-order valence-electron chi connectivity index (χ0n) is 10.1. The molecule has 1 aliphatic heterocycles. The Morgan fingerprint density at radius 2 is 1.94 bits per heavy atom. The molecule has 4 nitrogen and oxygen atoms in total. The number of rotatable bonds is 2. The molecule has 1 aliphatic rings. The highest BCUT2D eigenvalue weighted by Crippen LogP contribution is 2.31. The Kier molecular flexibility index (Phi) is 2.55. The van der Waals surface area contributed by atoms with E-state index in [4.69, 9.17) is 4.74 Å². The summed E-state index contributed by atoms with van der Waals surface area (Å²) in [5.74, 6) is 0.853. The molecule has 92 valence electrons. The molecule has 1 saturated heterocycles. The van der Waals surface area contributed by atoms with E-state index in [9.17, 15) is 4.79 Å². The molecule has 3 rings (SSSR count). The van der Waals surface area contributed by atoms with Gasteiger partial charge >= 0.3 is 6.03 Å². The van der Waals surface area contributed by atoms with Gasteiger partial charge in [0, 0.05) is 11.9 Å². The van der Waals surface area contributed by atoms with Gasteiger partial charge in [0.1, 0.15) is 5.75 Å². The van der Waals surface area contributed by atoms with Gasteiger partial charge in [-0.25, -0.2) is 4.79 Å². The molecule has 2 N–H and O–H groups in total.